The van der Waals surface area contributed by atoms with Gasteiger partial charge >= 0.3 is 13.8 Å². The maximum atomic E-state index is 12.5. The summed E-state index contributed by atoms with van der Waals surface area (Å²) in [6, 6.07) is 21.6. The summed E-state index contributed by atoms with van der Waals surface area (Å²) in [6.07, 6.45) is 0. The number of hydrogen-bond acceptors (Lipinski definition) is 4. The third kappa shape index (κ3) is 4.08. The molecule has 0 saturated heterocycles. The summed E-state index contributed by atoms with van der Waals surface area (Å²) in [5.41, 5.74) is 1.48. The van der Waals surface area contributed by atoms with Crippen molar-refractivity contribution in [3.05, 3.63) is 88.9 Å². The standard InChI is InChI=1S/C21H18ClO4P/c1-24-18-9-5-16(6-10-18)21(27-23,15-3-7-17(22)8-4-15)26-20-13-11-19(25-2)12-14-20/h3-14H,1-2H3/p+1. The highest BCUT2D eigenvalue weighted by molar-refractivity contribution is 7.25. The molecule has 0 aromatic heterocycles. The molecule has 0 radical (unpaired) electrons. The fourth-order valence-electron chi connectivity index (χ4n) is 2.75. The molecule has 0 aliphatic rings. The first-order chi connectivity index (χ1) is 13.1. The molecule has 0 aliphatic heterocycles. The van der Waals surface area contributed by atoms with E-state index in [1.54, 1.807) is 50.6 Å². The van der Waals surface area contributed by atoms with Crippen LogP contribution in [0.1, 0.15) is 11.1 Å². The molecule has 0 heterocycles. The van der Waals surface area contributed by atoms with Crippen molar-refractivity contribution in [2.75, 3.05) is 14.2 Å². The second-order valence-corrected chi connectivity index (χ2v) is 7.14. The van der Waals surface area contributed by atoms with Gasteiger partial charge in [-0.25, -0.2) is 0 Å². The van der Waals surface area contributed by atoms with Crippen molar-refractivity contribution in [3.63, 3.8) is 0 Å². The predicted octanol–water partition coefficient (Wildman–Crippen LogP) is 5.66. The van der Waals surface area contributed by atoms with Gasteiger partial charge in [-0.1, -0.05) is 16.2 Å². The molecule has 2 atom stereocenters. The predicted molar refractivity (Wildman–Crippen MR) is 108 cm³/mol. The molecule has 0 aliphatic carbocycles. The van der Waals surface area contributed by atoms with Crippen molar-refractivity contribution >= 4 is 20.1 Å². The number of methoxy groups -OCH3 is 2. The Bertz CT molecular complexity index is 895. The number of benzene rings is 3. The molecule has 3 aromatic rings. The minimum Gasteiger partial charge on any atom is -0.497 e. The zero-order chi connectivity index (χ0) is 19.3. The minimum atomic E-state index is -1.18. The van der Waals surface area contributed by atoms with Crippen molar-refractivity contribution in [3.8, 4) is 17.2 Å². The Labute approximate surface area is 164 Å². The molecule has 4 nitrogen and oxygen atoms in total. The highest BCUT2D eigenvalue weighted by Gasteiger charge is 2.46. The summed E-state index contributed by atoms with van der Waals surface area (Å²) in [7, 11) is 2.41. The van der Waals surface area contributed by atoms with E-state index in [0.29, 0.717) is 22.3 Å². The molecule has 3 rings (SSSR count). The van der Waals surface area contributed by atoms with Gasteiger partial charge in [0.2, 0.25) is 0 Å². The van der Waals surface area contributed by atoms with Crippen LogP contribution in [0, 0.1) is 0 Å². The van der Waals surface area contributed by atoms with Gasteiger partial charge in [-0.05, 0) is 72.8 Å². The molecule has 0 bridgehead atoms. The third-order valence-electron chi connectivity index (χ3n) is 4.22. The summed E-state index contributed by atoms with van der Waals surface area (Å²) >= 11 is 6.04. The first kappa shape index (κ1) is 19.2. The average molecular weight is 402 g/mol. The molecule has 0 fully saturated rings. The maximum absolute atomic E-state index is 12.5. The Morgan fingerprint density at radius 1 is 0.704 bits per heavy atom. The maximum Gasteiger partial charge on any atom is 0.383 e. The normalized spacial score (nSPS) is 13.0. The van der Waals surface area contributed by atoms with Gasteiger partial charge in [0.1, 0.15) is 17.2 Å². The Balaban J connectivity index is 2.10. The van der Waals surface area contributed by atoms with E-state index in [2.05, 4.69) is 0 Å². The Morgan fingerprint density at radius 2 is 1.11 bits per heavy atom. The van der Waals surface area contributed by atoms with Crippen LogP contribution in [0.25, 0.3) is 0 Å². The zero-order valence-corrected chi connectivity index (χ0v) is 16.7. The minimum absolute atomic E-state index is 0.574. The van der Waals surface area contributed by atoms with E-state index in [1.165, 1.54) is 0 Å². The lowest BCUT2D eigenvalue weighted by Gasteiger charge is -2.24. The Kier molecular flexibility index (Phi) is 6.00. The van der Waals surface area contributed by atoms with Gasteiger partial charge in [-0.3, -0.25) is 0 Å². The molecule has 2 unspecified atom stereocenters. The lowest BCUT2D eigenvalue weighted by atomic mass is 10.00. The number of rotatable bonds is 7. The summed E-state index contributed by atoms with van der Waals surface area (Å²) < 4.78 is 29.3. The van der Waals surface area contributed by atoms with E-state index in [1.807, 2.05) is 36.4 Å². The van der Waals surface area contributed by atoms with Crippen LogP contribution in [-0.2, 0) is 9.91 Å². The van der Waals surface area contributed by atoms with Crippen molar-refractivity contribution in [1.29, 1.82) is 0 Å². The van der Waals surface area contributed by atoms with Gasteiger partial charge in [-0.15, -0.1) is 0 Å². The molecule has 0 saturated carbocycles. The van der Waals surface area contributed by atoms with Crippen molar-refractivity contribution in [2.45, 2.75) is 5.34 Å². The van der Waals surface area contributed by atoms with Gasteiger partial charge in [0, 0.05) is 5.02 Å². The number of ether oxygens (including phenoxy) is 3. The second-order valence-electron chi connectivity index (χ2n) is 5.80. The van der Waals surface area contributed by atoms with E-state index in [4.69, 9.17) is 25.8 Å². The Hall–Kier alpha value is -2.55. The van der Waals surface area contributed by atoms with Crippen LogP contribution >= 0.6 is 20.1 Å². The smallest absolute Gasteiger partial charge is 0.383 e. The van der Waals surface area contributed by atoms with Crippen LogP contribution in [0.4, 0.5) is 0 Å². The van der Waals surface area contributed by atoms with Crippen molar-refractivity contribution in [2.24, 2.45) is 0 Å². The van der Waals surface area contributed by atoms with Gasteiger partial charge in [-0.2, -0.15) is 0 Å². The van der Waals surface area contributed by atoms with Crippen LogP contribution in [-0.4, -0.2) is 14.2 Å². The molecule has 3 aromatic carbocycles. The topological polar surface area (TPSA) is 44.8 Å². The number of halogens is 1. The molecular weight excluding hydrogens is 383 g/mol. The molecule has 138 valence electrons. The van der Waals surface area contributed by atoms with Gasteiger partial charge in [0.25, 0.3) is 0 Å². The van der Waals surface area contributed by atoms with Crippen molar-refractivity contribution in [1.82, 2.24) is 0 Å². The summed E-state index contributed by atoms with van der Waals surface area (Å²) in [5, 5.41) is -0.577. The first-order valence-electron chi connectivity index (χ1n) is 8.24. The largest absolute Gasteiger partial charge is 0.497 e. The van der Waals surface area contributed by atoms with Crippen molar-refractivity contribution < 1.29 is 18.8 Å². The Morgan fingerprint density at radius 3 is 1.56 bits per heavy atom. The van der Waals surface area contributed by atoms with E-state index in [-0.39, 0.29) is 0 Å². The van der Waals surface area contributed by atoms with Gasteiger partial charge in [0.15, 0.2) is 0 Å². The summed E-state index contributed by atoms with van der Waals surface area (Å²) in [5.74, 6) is 2.00. The lowest BCUT2D eigenvalue weighted by molar-refractivity contribution is 0.201. The second kappa shape index (κ2) is 8.43. The van der Waals surface area contributed by atoms with Gasteiger partial charge < -0.3 is 14.2 Å². The molecule has 0 N–H and O–H groups in total. The summed E-state index contributed by atoms with van der Waals surface area (Å²) in [4.78, 5) is 0. The lowest BCUT2D eigenvalue weighted by Crippen LogP contribution is -2.28. The number of hydrogen-bond donors (Lipinski definition) is 0. The van der Waals surface area contributed by atoms with Crippen LogP contribution in [0.2, 0.25) is 5.02 Å². The van der Waals surface area contributed by atoms with E-state index < -0.39 is 13.8 Å². The fourth-order valence-corrected chi connectivity index (χ4v) is 3.61. The van der Waals surface area contributed by atoms with Crippen LogP contribution in [0.5, 0.6) is 17.2 Å². The SMILES string of the molecule is COc1ccc(OC([PH+]=O)(c2ccc(Cl)cc2)c2ccc(OC)cc2)cc1. The highest BCUT2D eigenvalue weighted by atomic mass is 35.5. The molecule has 0 spiro atoms. The highest BCUT2D eigenvalue weighted by Crippen LogP contribution is 2.44. The van der Waals surface area contributed by atoms with Crippen LogP contribution in [0.15, 0.2) is 72.8 Å². The molecule has 6 heteroatoms. The fraction of sp³-hybridized carbons (Fsp3) is 0.143. The van der Waals surface area contributed by atoms with Gasteiger partial charge in [0.05, 0.1) is 25.3 Å². The summed E-state index contributed by atoms with van der Waals surface area (Å²) in [6.45, 7) is 0. The van der Waals surface area contributed by atoms with Crippen LogP contribution in [0.3, 0.4) is 0 Å². The molecule has 0 amide bonds. The third-order valence-corrected chi connectivity index (χ3v) is 5.44. The average Bonchev–Trinajstić information content (AvgIpc) is 2.73. The van der Waals surface area contributed by atoms with E-state index >= 15 is 0 Å². The first-order valence-corrected chi connectivity index (χ1v) is 9.53. The van der Waals surface area contributed by atoms with E-state index in [9.17, 15) is 4.57 Å². The molecular formula is C21H19ClO4P+. The quantitative estimate of drug-likeness (QED) is 0.479. The zero-order valence-electron chi connectivity index (χ0n) is 14.9. The molecule has 27 heavy (non-hydrogen) atoms. The van der Waals surface area contributed by atoms with Crippen LogP contribution < -0.4 is 14.2 Å². The van der Waals surface area contributed by atoms with E-state index in [0.717, 1.165) is 11.1 Å². The monoisotopic (exact) mass is 401 g/mol.